The van der Waals surface area contributed by atoms with Gasteiger partial charge in [-0.1, -0.05) is 91.0 Å². The molecule has 1 saturated heterocycles. The molecule has 0 saturated carbocycles. The summed E-state index contributed by atoms with van der Waals surface area (Å²) in [6.45, 7) is 0.159. The summed E-state index contributed by atoms with van der Waals surface area (Å²) in [7, 11) is 0. The number of benzene rings is 3. The Kier molecular flexibility index (Phi) is 4.57. The van der Waals surface area contributed by atoms with E-state index in [9.17, 15) is 9.59 Å². The van der Waals surface area contributed by atoms with Crippen LogP contribution in [0.4, 0.5) is 0 Å². The summed E-state index contributed by atoms with van der Waals surface area (Å²) in [5.41, 5.74) is 0.622. The van der Waals surface area contributed by atoms with E-state index in [1.165, 1.54) is 0 Å². The molecule has 1 fully saturated rings. The van der Waals surface area contributed by atoms with E-state index >= 15 is 0 Å². The molecular weight excluding hydrogens is 340 g/mol. The number of hydrogen-bond donors (Lipinski definition) is 0. The molecule has 4 heteroatoms. The highest BCUT2D eigenvalue weighted by Crippen LogP contribution is 2.41. The van der Waals surface area contributed by atoms with Crippen molar-refractivity contribution in [2.45, 2.75) is 18.3 Å². The minimum atomic E-state index is -1.49. The van der Waals surface area contributed by atoms with E-state index in [2.05, 4.69) is 0 Å². The van der Waals surface area contributed by atoms with Gasteiger partial charge < -0.3 is 9.47 Å². The third-order valence-electron chi connectivity index (χ3n) is 4.67. The molecule has 4 rings (SSSR count). The van der Waals surface area contributed by atoms with Crippen LogP contribution in [0, 0.1) is 0 Å². The predicted molar refractivity (Wildman–Crippen MR) is 99.8 cm³/mol. The summed E-state index contributed by atoms with van der Waals surface area (Å²) in [5.74, 6) is -1.07. The SMILES string of the molecule is O=C1OC(c2ccccc2)(c2ccccc2)C(=O)C1OCc1ccccc1. The number of hydrogen-bond acceptors (Lipinski definition) is 4. The minimum Gasteiger partial charge on any atom is -0.439 e. The molecule has 1 aliphatic rings. The molecule has 4 nitrogen and oxygen atoms in total. The van der Waals surface area contributed by atoms with Gasteiger partial charge >= 0.3 is 5.97 Å². The molecule has 1 unspecified atom stereocenters. The number of ketones is 1. The molecule has 0 aromatic heterocycles. The molecule has 3 aromatic carbocycles. The normalized spacial score (nSPS) is 18.3. The van der Waals surface area contributed by atoms with Crippen LogP contribution in [-0.2, 0) is 31.3 Å². The Bertz CT molecular complexity index is 896. The molecule has 0 N–H and O–H groups in total. The van der Waals surface area contributed by atoms with Crippen molar-refractivity contribution in [1.29, 1.82) is 0 Å². The maximum absolute atomic E-state index is 13.4. The van der Waals surface area contributed by atoms with Crippen LogP contribution in [0.5, 0.6) is 0 Å². The first-order valence-electron chi connectivity index (χ1n) is 8.75. The summed E-state index contributed by atoms with van der Waals surface area (Å²) in [5, 5.41) is 0. The quantitative estimate of drug-likeness (QED) is 0.516. The van der Waals surface area contributed by atoms with Crippen molar-refractivity contribution in [2.75, 3.05) is 0 Å². The minimum absolute atomic E-state index is 0.159. The van der Waals surface area contributed by atoms with Crippen LogP contribution < -0.4 is 0 Å². The summed E-state index contributed by atoms with van der Waals surface area (Å²) >= 11 is 0. The van der Waals surface area contributed by atoms with Crippen LogP contribution in [-0.4, -0.2) is 17.9 Å². The van der Waals surface area contributed by atoms with Crippen molar-refractivity contribution in [2.24, 2.45) is 0 Å². The predicted octanol–water partition coefficient (Wildman–Crippen LogP) is 3.64. The number of Topliss-reactive ketones (excluding diaryl/α,β-unsaturated/α-hetero) is 1. The highest BCUT2D eigenvalue weighted by atomic mass is 16.6. The van der Waals surface area contributed by atoms with Crippen LogP contribution in [0.15, 0.2) is 91.0 Å². The number of cyclic esters (lactones) is 1. The lowest BCUT2D eigenvalue weighted by atomic mass is 9.82. The molecule has 1 aliphatic heterocycles. The average Bonchev–Trinajstić information content (AvgIpc) is 2.99. The Labute approximate surface area is 157 Å². The van der Waals surface area contributed by atoms with E-state index in [-0.39, 0.29) is 6.61 Å². The monoisotopic (exact) mass is 358 g/mol. The molecule has 3 aromatic rings. The zero-order valence-electron chi connectivity index (χ0n) is 14.6. The Balaban J connectivity index is 1.71. The molecule has 0 aliphatic carbocycles. The van der Waals surface area contributed by atoms with Gasteiger partial charge in [-0.2, -0.15) is 0 Å². The van der Waals surface area contributed by atoms with Gasteiger partial charge in [0, 0.05) is 11.1 Å². The van der Waals surface area contributed by atoms with Crippen molar-refractivity contribution in [3.8, 4) is 0 Å². The third kappa shape index (κ3) is 3.04. The smallest absolute Gasteiger partial charge is 0.344 e. The lowest BCUT2D eigenvalue weighted by Crippen LogP contribution is -2.38. The van der Waals surface area contributed by atoms with Gasteiger partial charge in [-0.15, -0.1) is 0 Å². The molecule has 1 heterocycles. The zero-order valence-corrected chi connectivity index (χ0v) is 14.6. The van der Waals surface area contributed by atoms with Crippen molar-refractivity contribution in [1.82, 2.24) is 0 Å². The van der Waals surface area contributed by atoms with Crippen molar-refractivity contribution >= 4 is 11.8 Å². The van der Waals surface area contributed by atoms with Crippen molar-refractivity contribution < 1.29 is 19.1 Å². The van der Waals surface area contributed by atoms with E-state index < -0.39 is 23.5 Å². The summed E-state index contributed by atoms with van der Waals surface area (Å²) in [4.78, 5) is 26.0. The largest absolute Gasteiger partial charge is 0.439 e. The van der Waals surface area contributed by atoms with Gasteiger partial charge in [0.15, 0.2) is 0 Å². The molecule has 0 spiro atoms. The van der Waals surface area contributed by atoms with Gasteiger partial charge in [0.25, 0.3) is 0 Å². The number of carbonyl (C=O) groups excluding carboxylic acids is 2. The second-order valence-corrected chi connectivity index (χ2v) is 6.38. The van der Waals surface area contributed by atoms with Crippen LogP contribution in [0.1, 0.15) is 16.7 Å². The Morgan fingerprint density at radius 1 is 0.741 bits per heavy atom. The van der Waals surface area contributed by atoms with Crippen LogP contribution in [0.2, 0.25) is 0 Å². The van der Waals surface area contributed by atoms with Gasteiger partial charge in [-0.3, -0.25) is 4.79 Å². The third-order valence-corrected chi connectivity index (χ3v) is 4.67. The fourth-order valence-electron chi connectivity index (χ4n) is 3.36. The molecule has 0 radical (unpaired) electrons. The van der Waals surface area contributed by atoms with Crippen molar-refractivity contribution in [3.63, 3.8) is 0 Å². The van der Waals surface area contributed by atoms with E-state index in [1.807, 2.05) is 66.7 Å². The first kappa shape index (κ1) is 17.2. The maximum Gasteiger partial charge on any atom is 0.344 e. The van der Waals surface area contributed by atoms with E-state index in [4.69, 9.17) is 9.47 Å². The Morgan fingerprint density at radius 2 is 1.22 bits per heavy atom. The molecule has 27 heavy (non-hydrogen) atoms. The van der Waals surface area contributed by atoms with Gasteiger partial charge in [-0.25, -0.2) is 4.79 Å². The standard InChI is InChI=1S/C23H18O4/c24-21-20(26-16-17-10-4-1-5-11-17)22(25)27-23(21,18-12-6-2-7-13-18)19-14-8-3-9-15-19/h1-15,20H,16H2. The summed E-state index contributed by atoms with van der Waals surface area (Å²) < 4.78 is 11.4. The summed E-state index contributed by atoms with van der Waals surface area (Å²) in [6.07, 6.45) is -1.26. The first-order chi connectivity index (χ1) is 13.2. The zero-order chi connectivity index (χ0) is 18.7. The van der Waals surface area contributed by atoms with Crippen molar-refractivity contribution in [3.05, 3.63) is 108 Å². The maximum atomic E-state index is 13.4. The summed E-state index contributed by atoms with van der Waals surface area (Å²) in [6, 6.07) is 27.6. The highest BCUT2D eigenvalue weighted by molar-refractivity contribution is 6.13. The van der Waals surface area contributed by atoms with Crippen LogP contribution in [0.3, 0.4) is 0 Å². The Hall–Kier alpha value is -3.24. The Morgan fingerprint density at radius 3 is 1.74 bits per heavy atom. The number of esters is 1. The fourth-order valence-corrected chi connectivity index (χ4v) is 3.36. The van der Waals surface area contributed by atoms with E-state index in [1.54, 1.807) is 24.3 Å². The number of carbonyl (C=O) groups is 2. The van der Waals surface area contributed by atoms with Gasteiger partial charge in [0.1, 0.15) is 0 Å². The first-order valence-corrected chi connectivity index (χ1v) is 8.75. The molecule has 1 atom stereocenters. The van der Waals surface area contributed by atoms with Gasteiger partial charge in [-0.05, 0) is 5.56 Å². The van der Waals surface area contributed by atoms with E-state index in [0.29, 0.717) is 11.1 Å². The average molecular weight is 358 g/mol. The fraction of sp³-hybridized carbons (Fsp3) is 0.130. The van der Waals surface area contributed by atoms with E-state index in [0.717, 1.165) is 5.56 Å². The molecular formula is C23H18O4. The number of rotatable bonds is 5. The molecule has 134 valence electrons. The van der Waals surface area contributed by atoms with Gasteiger partial charge in [0.2, 0.25) is 17.5 Å². The lowest BCUT2D eigenvalue weighted by Gasteiger charge is -2.27. The van der Waals surface area contributed by atoms with Gasteiger partial charge in [0.05, 0.1) is 6.61 Å². The molecule has 0 amide bonds. The number of ether oxygens (including phenoxy) is 2. The van der Waals surface area contributed by atoms with Crippen LogP contribution in [0.25, 0.3) is 0 Å². The van der Waals surface area contributed by atoms with Crippen LogP contribution >= 0.6 is 0 Å². The second-order valence-electron chi connectivity index (χ2n) is 6.38. The topological polar surface area (TPSA) is 52.6 Å². The second kappa shape index (κ2) is 7.17. The lowest BCUT2D eigenvalue weighted by molar-refractivity contribution is -0.153. The molecule has 0 bridgehead atoms. The highest BCUT2D eigenvalue weighted by Gasteiger charge is 2.58.